The molecular formula is C16H11Cl2N3O4S. The number of carbonyl (C=O) groups excluding carboxylic acids is 1. The van der Waals surface area contributed by atoms with Crippen molar-refractivity contribution < 1.29 is 17.6 Å². The molecule has 1 N–H and O–H groups in total. The minimum absolute atomic E-state index is 0.136. The Morgan fingerprint density at radius 3 is 2.50 bits per heavy atom. The summed E-state index contributed by atoms with van der Waals surface area (Å²) in [6.07, 6.45) is 0. The van der Waals surface area contributed by atoms with Gasteiger partial charge in [-0.05, 0) is 30.3 Å². The summed E-state index contributed by atoms with van der Waals surface area (Å²) in [5.41, 5.74) is 0.160. The molecule has 0 aliphatic carbocycles. The molecule has 2 aromatic carbocycles. The van der Waals surface area contributed by atoms with Gasteiger partial charge >= 0.3 is 6.01 Å². The third kappa shape index (κ3) is 4.21. The van der Waals surface area contributed by atoms with Crippen molar-refractivity contribution in [1.29, 1.82) is 0 Å². The number of nitrogens with one attached hydrogen (secondary N) is 1. The molecule has 7 nitrogen and oxygen atoms in total. The molecule has 0 bridgehead atoms. The van der Waals surface area contributed by atoms with Gasteiger partial charge in [-0.2, -0.15) is 0 Å². The summed E-state index contributed by atoms with van der Waals surface area (Å²) in [5.74, 6) is -1.22. The van der Waals surface area contributed by atoms with E-state index in [0.29, 0.717) is 5.02 Å². The molecule has 1 aromatic heterocycles. The molecule has 3 aromatic rings. The second kappa shape index (κ2) is 7.45. The first-order valence-electron chi connectivity index (χ1n) is 7.22. The van der Waals surface area contributed by atoms with Gasteiger partial charge in [-0.25, -0.2) is 8.42 Å². The fourth-order valence-corrected chi connectivity index (χ4v) is 3.75. The van der Waals surface area contributed by atoms with Crippen LogP contribution in [0, 0.1) is 0 Å². The molecule has 10 heteroatoms. The van der Waals surface area contributed by atoms with Crippen LogP contribution in [0.2, 0.25) is 10.0 Å². The van der Waals surface area contributed by atoms with E-state index < -0.39 is 21.5 Å². The average molecular weight is 412 g/mol. The number of halogens is 2. The van der Waals surface area contributed by atoms with Crippen molar-refractivity contribution in [3.8, 4) is 0 Å². The van der Waals surface area contributed by atoms with E-state index in [9.17, 15) is 13.2 Å². The Morgan fingerprint density at radius 1 is 1.08 bits per heavy atom. The number of carbonyl (C=O) groups is 1. The highest BCUT2D eigenvalue weighted by molar-refractivity contribution is 7.90. The lowest BCUT2D eigenvalue weighted by Crippen LogP contribution is -2.12. The molecule has 1 amide bonds. The van der Waals surface area contributed by atoms with Gasteiger partial charge < -0.3 is 4.42 Å². The van der Waals surface area contributed by atoms with Crippen LogP contribution in [0.25, 0.3) is 0 Å². The van der Waals surface area contributed by atoms with Gasteiger partial charge in [0, 0.05) is 5.02 Å². The minimum Gasteiger partial charge on any atom is -0.407 e. The zero-order valence-electron chi connectivity index (χ0n) is 13.0. The van der Waals surface area contributed by atoms with Crippen LogP contribution < -0.4 is 5.32 Å². The Labute approximate surface area is 158 Å². The summed E-state index contributed by atoms with van der Waals surface area (Å²) in [6, 6.07) is 12.0. The Kier molecular flexibility index (Phi) is 5.26. The van der Waals surface area contributed by atoms with E-state index in [-0.39, 0.29) is 27.4 Å². The molecule has 0 aliphatic rings. The number of aromatic nitrogens is 2. The zero-order valence-corrected chi connectivity index (χ0v) is 15.3. The molecule has 0 aliphatic heterocycles. The predicted molar refractivity (Wildman–Crippen MR) is 96.0 cm³/mol. The van der Waals surface area contributed by atoms with Crippen LogP contribution in [0.15, 0.2) is 57.8 Å². The third-order valence-corrected chi connectivity index (χ3v) is 5.44. The van der Waals surface area contributed by atoms with Gasteiger partial charge in [-0.1, -0.05) is 46.5 Å². The van der Waals surface area contributed by atoms with Crippen LogP contribution in [0.5, 0.6) is 0 Å². The van der Waals surface area contributed by atoms with E-state index >= 15 is 0 Å². The maximum Gasteiger partial charge on any atom is 0.322 e. The van der Waals surface area contributed by atoms with Crippen LogP contribution >= 0.6 is 23.2 Å². The number of anilines is 1. The second-order valence-electron chi connectivity index (χ2n) is 5.15. The molecule has 0 saturated heterocycles. The van der Waals surface area contributed by atoms with Crippen molar-refractivity contribution in [3.05, 3.63) is 70.0 Å². The van der Waals surface area contributed by atoms with Gasteiger partial charge in [0.25, 0.3) is 5.91 Å². The van der Waals surface area contributed by atoms with E-state index in [2.05, 4.69) is 15.5 Å². The highest BCUT2D eigenvalue weighted by Gasteiger charge is 2.20. The number of nitrogens with zero attached hydrogens (tertiary/aromatic N) is 2. The lowest BCUT2D eigenvalue weighted by atomic mass is 10.2. The highest BCUT2D eigenvalue weighted by Crippen LogP contribution is 2.22. The quantitative estimate of drug-likeness (QED) is 0.687. The van der Waals surface area contributed by atoms with Crippen molar-refractivity contribution in [2.24, 2.45) is 0 Å². The first-order chi connectivity index (χ1) is 12.3. The number of hydrogen-bond acceptors (Lipinski definition) is 6. The summed E-state index contributed by atoms with van der Waals surface area (Å²) in [4.78, 5) is 12.3. The fourth-order valence-electron chi connectivity index (χ4n) is 2.07. The smallest absolute Gasteiger partial charge is 0.322 e. The molecular weight excluding hydrogens is 401 g/mol. The summed E-state index contributed by atoms with van der Waals surface area (Å²) in [6.45, 7) is 0. The van der Waals surface area contributed by atoms with Crippen LogP contribution in [-0.4, -0.2) is 24.5 Å². The molecule has 3 rings (SSSR count). The topological polar surface area (TPSA) is 102 Å². The highest BCUT2D eigenvalue weighted by atomic mass is 35.5. The van der Waals surface area contributed by atoms with Crippen LogP contribution in [-0.2, 0) is 15.6 Å². The Hall–Kier alpha value is -2.42. The lowest BCUT2D eigenvalue weighted by molar-refractivity contribution is 0.102. The predicted octanol–water partition coefficient (Wildman–Crippen LogP) is 3.60. The van der Waals surface area contributed by atoms with Crippen molar-refractivity contribution in [1.82, 2.24) is 10.2 Å². The number of sulfone groups is 1. The van der Waals surface area contributed by atoms with Gasteiger partial charge in [0.2, 0.25) is 5.89 Å². The molecule has 26 heavy (non-hydrogen) atoms. The second-order valence-corrected chi connectivity index (χ2v) is 7.98. The standard InChI is InChI=1S/C16H11Cl2N3O4S/c17-10-6-7-12(13(18)8-10)15(22)19-16-21-20-14(25-16)9-26(23,24)11-4-2-1-3-5-11/h1-8H,9H2,(H,19,21,22). The summed E-state index contributed by atoms with van der Waals surface area (Å²) >= 11 is 11.7. The number of rotatable bonds is 5. The molecule has 0 unspecified atom stereocenters. The maximum atomic E-state index is 12.3. The normalized spacial score (nSPS) is 11.3. The maximum absolute atomic E-state index is 12.3. The summed E-state index contributed by atoms with van der Waals surface area (Å²) in [5, 5.41) is 10.2. The van der Waals surface area contributed by atoms with Gasteiger partial charge in [0.15, 0.2) is 9.84 Å². The minimum atomic E-state index is -3.64. The summed E-state index contributed by atoms with van der Waals surface area (Å²) in [7, 11) is -3.64. The van der Waals surface area contributed by atoms with Crippen LogP contribution in [0.1, 0.15) is 16.2 Å². The number of benzene rings is 2. The Bertz CT molecular complexity index is 1050. The third-order valence-electron chi connectivity index (χ3n) is 3.28. The lowest BCUT2D eigenvalue weighted by Gasteiger charge is -2.03. The van der Waals surface area contributed by atoms with Crippen molar-refractivity contribution in [2.75, 3.05) is 5.32 Å². The first-order valence-corrected chi connectivity index (χ1v) is 9.62. The van der Waals surface area contributed by atoms with Crippen molar-refractivity contribution in [2.45, 2.75) is 10.6 Å². The molecule has 0 radical (unpaired) electrons. The van der Waals surface area contributed by atoms with Crippen molar-refractivity contribution in [3.63, 3.8) is 0 Å². The molecule has 0 fully saturated rings. The number of hydrogen-bond donors (Lipinski definition) is 1. The summed E-state index contributed by atoms with van der Waals surface area (Å²) < 4.78 is 29.8. The first kappa shape index (κ1) is 18.4. The van der Waals surface area contributed by atoms with E-state index in [1.807, 2.05) is 0 Å². The van der Waals surface area contributed by atoms with Gasteiger partial charge in [0.1, 0.15) is 5.75 Å². The fraction of sp³-hybridized carbons (Fsp3) is 0.0625. The zero-order chi connectivity index (χ0) is 18.7. The molecule has 0 saturated carbocycles. The van der Waals surface area contributed by atoms with Crippen LogP contribution in [0.3, 0.4) is 0 Å². The van der Waals surface area contributed by atoms with Gasteiger partial charge in [0.05, 0.1) is 15.5 Å². The molecule has 134 valence electrons. The molecule has 0 spiro atoms. The van der Waals surface area contributed by atoms with Gasteiger partial charge in [-0.3, -0.25) is 10.1 Å². The molecule has 0 atom stereocenters. The van der Waals surface area contributed by atoms with E-state index in [0.717, 1.165) is 0 Å². The largest absolute Gasteiger partial charge is 0.407 e. The van der Waals surface area contributed by atoms with Gasteiger partial charge in [-0.15, -0.1) is 5.10 Å². The number of amides is 1. The molecule has 1 heterocycles. The van der Waals surface area contributed by atoms with E-state index in [4.69, 9.17) is 27.6 Å². The van der Waals surface area contributed by atoms with Crippen molar-refractivity contribution >= 4 is 45.0 Å². The Balaban J connectivity index is 1.73. The SMILES string of the molecule is O=C(Nc1nnc(CS(=O)(=O)c2ccccc2)o1)c1ccc(Cl)cc1Cl. The monoisotopic (exact) mass is 411 g/mol. The van der Waals surface area contributed by atoms with E-state index in [1.54, 1.807) is 18.2 Å². The Morgan fingerprint density at radius 2 is 1.81 bits per heavy atom. The van der Waals surface area contributed by atoms with E-state index in [1.165, 1.54) is 30.3 Å². The van der Waals surface area contributed by atoms with Crippen LogP contribution in [0.4, 0.5) is 6.01 Å². The average Bonchev–Trinajstić information content (AvgIpc) is 3.01.